The monoisotopic (exact) mass is 426 g/mol. The lowest BCUT2D eigenvalue weighted by Gasteiger charge is -2.13. The van der Waals surface area contributed by atoms with Crippen molar-refractivity contribution in [1.82, 2.24) is 9.55 Å². The topological polar surface area (TPSA) is 76.5 Å². The van der Waals surface area contributed by atoms with Gasteiger partial charge in [-0.15, -0.1) is 0 Å². The van der Waals surface area contributed by atoms with Crippen LogP contribution in [0.25, 0.3) is 11.0 Å². The molecule has 0 aliphatic heterocycles. The van der Waals surface area contributed by atoms with Gasteiger partial charge in [-0.05, 0) is 56.3 Å². The van der Waals surface area contributed by atoms with E-state index in [4.69, 9.17) is 4.74 Å². The van der Waals surface area contributed by atoms with Gasteiger partial charge in [-0.25, -0.2) is 9.78 Å². The third-order valence-corrected chi connectivity index (χ3v) is 5.52. The minimum Gasteiger partial charge on any atom is -0.462 e. The molecule has 1 N–H and O–H groups in total. The van der Waals surface area contributed by atoms with E-state index in [2.05, 4.69) is 10.3 Å². The van der Waals surface area contributed by atoms with Crippen LogP contribution in [0.5, 0.6) is 0 Å². The van der Waals surface area contributed by atoms with Crippen molar-refractivity contribution in [2.45, 2.75) is 25.5 Å². The van der Waals surface area contributed by atoms with E-state index in [-0.39, 0.29) is 17.6 Å². The quantitative estimate of drug-likeness (QED) is 0.433. The first-order chi connectivity index (χ1) is 14.4. The van der Waals surface area contributed by atoms with Gasteiger partial charge in [-0.2, -0.15) is 0 Å². The Kier molecular flexibility index (Phi) is 6.99. The molecule has 0 radical (unpaired) electrons. The summed E-state index contributed by atoms with van der Waals surface area (Å²) in [5.41, 5.74) is 3.94. The number of anilines is 2. The number of nitrogens with one attached hydrogen (secondary N) is 1. The van der Waals surface area contributed by atoms with Gasteiger partial charge in [0, 0.05) is 32.0 Å². The lowest BCUT2D eigenvalue weighted by molar-refractivity contribution is -0.113. The highest BCUT2D eigenvalue weighted by Gasteiger charge is 2.15. The first-order valence-electron chi connectivity index (χ1n) is 9.80. The summed E-state index contributed by atoms with van der Waals surface area (Å²) in [5.74, 6) is -0.220. The number of aromatic nitrogens is 2. The lowest BCUT2D eigenvalue weighted by atomic mass is 10.2. The van der Waals surface area contributed by atoms with Crippen molar-refractivity contribution in [3.05, 3.63) is 48.0 Å². The van der Waals surface area contributed by atoms with Gasteiger partial charge < -0.3 is 19.5 Å². The zero-order valence-corrected chi connectivity index (χ0v) is 18.5. The Hall–Kier alpha value is -3.00. The van der Waals surface area contributed by atoms with E-state index < -0.39 is 0 Å². The Morgan fingerprint density at radius 1 is 1.13 bits per heavy atom. The van der Waals surface area contributed by atoms with Crippen molar-refractivity contribution >= 4 is 46.0 Å². The molecule has 1 aromatic heterocycles. The van der Waals surface area contributed by atoms with Crippen LogP contribution in [0.4, 0.5) is 11.4 Å². The maximum Gasteiger partial charge on any atom is 0.338 e. The number of ether oxygens (including phenoxy) is 1. The summed E-state index contributed by atoms with van der Waals surface area (Å²) in [4.78, 5) is 31.0. The largest absolute Gasteiger partial charge is 0.462 e. The van der Waals surface area contributed by atoms with Crippen molar-refractivity contribution in [2.24, 2.45) is 0 Å². The van der Waals surface area contributed by atoms with Crippen LogP contribution in [0, 0.1) is 0 Å². The molecule has 0 saturated heterocycles. The molecule has 0 saturated carbocycles. The summed E-state index contributed by atoms with van der Waals surface area (Å²) in [6.07, 6.45) is 0. The number of amides is 1. The molecule has 0 fully saturated rings. The SMILES string of the molecule is CCOC(=O)c1ccc2c(c1)nc(SCC(=O)Nc1ccc(N(C)C)cc1)n2CC. The highest BCUT2D eigenvalue weighted by molar-refractivity contribution is 7.99. The molecule has 0 unspecified atom stereocenters. The van der Waals surface area contributed by atoms with Gasteiger partial charge in [0.05, 0.1) is 29.0 Å². The number of aryl methyl sites for hydroxylation is 1. The fraction of sp³-hybridized carbons (Fsp3) is 0.318. The van der Waals surface area contributed by atoms with E-state index in [1.807, 2.05) is 60.8 Å². The Morgan fingerprint density at radius 2 is 1.87 bits per heavy atom. The fourth-order valence-electron chi connectivity index (χ4n) is 3.03. The number of fused-ring (bicyclic) bond motifs is 1. The molecule has 7 nitrogen and oxygen atoms in total. The Bertz CT molecular complexity index is 1040. The van der Waals surface area contributed by atoms with Crippen molar-refractivity contribution in [3.63, 3.8) is 0 Å². The van der Waals surface area contributed by atoms with Gasteiger partial charge in [-0.1, -0.05) is 11.8 Å². The van der Waals surface area contributed by atoms with Crippen LogP contribution in [0.3, 0.4) is 0 Å². The van der Waals surface area contributed by atoms with Crippen molar-refractivity contribution < 1.29 is 14.3 Å². The normalized spacial score (nSPS) is 10.8. The zero-order valence-electron chi connectivity index (χ0n) is 17.6. The smallest absolute Gasteiger partial charge is 0.338 e. The van der Waals surface area contributed by atoms with E-state index in [1.54, 1.807) is 19.1 Å². The summed E-state index contributed by atoms with van der Waals surface area (Å²) in [6, 6.07) is 13.0. The number of hydrogen-bond acceptors (Lipinski definition) is 6. The van der Waals surface area contributed by atoms with Gasteiger partial charge in [0.25, 0.3) is 0 Å². The van der Waals surface area contributed by atoms with Crippen LogP contribution in [-0.2, 0) is 16.1 Å². The molecular formula is C22H26N4O3S. The van der Waals surface area contributed by atoms with E-state index >= 15 is 0 Å². The minimum atomic E-state index is -0.362. The summed E-state index contributed by atoms with van der Waals surface area (Å²) in [7, 11) is 3.94. The summed E-state index contributed by atoms with van der Waals surface area (Å²) < 4.78 is 7.10. The zero-order chi connectivity index (χ0) is 21.7. The summed E-state index contributed by atoms with van der Waals surface area (Å²) >= 11 is 1.37. The Balaban J connectivity index is 1.70. The van der Waals surface area contributed by atoms with Crippen molar-refractivity contribution in [2.75, 3.05) is 36.7 Å². The third kappa shape index (κ3) is 4.94. The number of nitrogens with zero attached hydrogens (tertiary/aromatic N) is 3. The van der Waals surface area contributed by atoms with Gasteiger partial charge in [0.1, 0.15) is 0 Å². The van der Waals surface area contributed by atoms with Gasteiger partial charge in [0.15, 0.2) is 5.16 Å². The van der Waals surface area contributed by atoms with Crippen LogP contribution in [-0.4, -0.2) is 47.9 Å². The van der Waals surface area contributed by atoms with Crippen LogP contribution in [0.1, 0.15) is 24.2 Å². The average Bonchev–Trinajstić information content (AvgIpc) is 3.09. The second kappa shape index (κ2) is 9.67. The predicted molar refractivity (Wildman–Crippen MR) is 121 cm³/mol. The predicted octanol–water partition coefficient (Wildman–Crippen LogP) is 4.03. The number of rotatable bonds is 8. The highest BCUT2D eigenvalue weighted by Crippen LogP contribution is 2.25. The molecule has 2 aromatic carbocycles. The first kappa shape index (κ1) is 21.7. The number of esters is 1. The first-order valence-corrected chi connectivity index (χ1v) is 10.8. The molecule has 30 heavy (non-hydrogen) atoms. The highest BCUT2D eigenvalue weighted by atomic mass is 32.2. The number of imidazole rings is 1. The Labute approximate surface area is 180 Å². The average molecular weight is 427 g/mol. The molecular weight excluding hydrogens is 400 g/mol. The lowest BCUT2D eigenvalue weighted by Crippen LogP contribution is -2.15. The number of hydrogen-bond donors (Lipinski definition) is 1. The summed E-state index contributed by atoms with van der Waals surface area (Å²) in [6.45, 7) is 4.84. The van der Waals surface area contributed by atoms with Gasteiger partial charge in [-0.3, -0.25) is 4.79 Å². The van der Waals surface area contributed by atoms with Crippen LogP contribution >= 0.6 is 11.8 Å². The minimum absolute atomic E-state index is 0.0977. The second-order valence-electron chi connectivity index (χ2n) is 6.84. The number of carbonyl (C=O) groups is 2. The maximum absolute atomic E-state index is 12.4. The molecule has 0 spiro atoms. The molecule has 0 atom stereocenters. The summed E-state index contributed by atoms with van der Waals surface area (Å²) in [5, 5.41) is 3.65. The maximum atomic E-state index is 12.4. The molecule has 158 valence electrons. The number of carbonyl (C=O) groups excluding carboxylic acids is 2. The van der Waals surface area contributed by atoms with E-state index in [1.165, 1.54) is 11.8 Å². The Morgan fingerprint density at radius 3 is 2.50 bits per heavy atom. The molecule has 3 rings (SSSR count). The third-order valence-electron chi connectivity index (χ3n) is 4.54. The molecule has 8 heteroatoms. The van der Waals surface area contributed by atoms with Crippen molar-refractivity contribution in [3.8, 4) is 0 Å². The second-order valence-corrected chi connectivity index (χ2v) is 7.78. The van der Waals surface area contributed by atoms with E-state index in [9.17, 15) is 9.59 Å². The van der Waals surface area contributed by atoms with E-state index in [0.717, 1.165) is 22.0 Å². The molecule has 0 aliphatic rings. The van der Waals surface area contributed by atoms with Crippen LogP contribution in [0.15, 0.2) is 47.6 Å². The van der Waals surface area contributed by atoms with Crippen molar-refractivity contribution in [1.29, 1.82) is 0 Å². The number of benzene rings is 2. The van der Waals surface area contributed by atoms with E-state index in [0.29, 0.717) is 24.2 Å². The van der Waals surface area contributed by atoms with Crippen LogP contribution < -0.4 is 10.2 Å². The molecule has 1 heterocycles. The van der Waals surface area contributed by atoms with Gasteiger partial charge in [0.2, 0.25) is 5.91 Å². The molecule has 1 amide bonds. The number of thioether (sulfide) groups is 1. The van der Waals surface area contributed by atoms with Crippen LogP contribution in [0.2, 0.25) is 0 Å². The molecule has 0 aliphatic carbocycles. The fourth-order valence-corrected chi connectivity index (χ4v) is 3.91. The van der Waals surface area contributed by atoms with Gasteiger partial charge >= 0.3 is 5.97 Å². The molecule has 0 bridgehead atoms. The standard InChI is InChI=1S/C22H26N4O3S/c1-5-26-19-12-7-15(21(28)29-6-2)13-18(19)24-22(26)30-14-20(27)23-16-8-10-17(11-9-16)25(3)4/h7-13H,5-6,14H2,1-4H3,(H,23,27). The molecule has 3 aromatic rings.